The molecular formula is C15H14ClN3O4. The predicted octanol–water partition coefficient (Wildman–Crippen LogP) is 4.18. The molecule has 23 heavy (non-hydrogen) atoms. The summed E-state index contributed by atoms with van der Waals surface area (Å²) < 4.78 is 5.57. The summed E-state index contributed by atoms with van der Waals surface area (Å²) >= 11 is 6.09. The Morgan fingerprint density at radius 2 is 1.87 bits per heavy atom. The second-order valence-electron chi connectivity index (χ2n) is 4.48. The first kappa shape index (κ1) is 16.6. The number of amides is 2. The van der Waals surface area contributed by atoms with Gasteiger partial charge in [-0.1, -0.05) is 11.6 Å². The van der Waals surface area contributed by atoms with Crippen LogP contribution in [0.15, 0.2) is 42.5 Å². The first-order valence-corrected chi connectivity index (χ1v) is 7.14. The monoisotopic (exact) mass is 335 g/mol. The molecule has 0 heterocycles. The molecule has 0 aliphatic rings. The Morgan fingerprint density at radius 1 is 1.22 bits per heavy atom. The van der Waals surface area contributed by atoms with Gasteiger partial charge in [-0.3, -0.25) is 10.1 Å². The predicted molar refractivity (Wildman–Crippen MR) is 87.3 cm³/mol. The van der Waals surface area contributed by atoms with E-state index in [1.165, 1.54) is 24.3 Å². The van der Waals surface area contributed by atoms with Gasteiger partial charge in [-0.05, 0) is 31.2 Å². The maximum absolute atomic E-state index is 11.5. The molecule has 2 aromatic rings. The lowest BCUT2D eigenvalue weighted by molar-refractivity contribution is -0.384. The average Bonchev–Trinajstić information content (AvgIpc) is 2.51. The van der Waals surface area contributed by atoms with Crippen LogP contribution in [0.1, 0.15) is 6.92 Å². The third-order valence-electron chi connectivity index (χ3n) is 2.81. The standard InChI is InChI=1S/C15H14ClN3O4/c1-2-17-15(20)18-14-8-7-12(9-13(14)16)23-11-5-3-10(4-6-11)19(21)22/h3-9H,2H2,1H3,(H2,17,18,20). The zero-order valence-corrected chi connectivity index (χ0v) is 13.0. The van der Waals surface area contributed by atoms with E-state index in [0.29, 0.717) is 28.8 Å². The largest absolute Gasteiger partial charge is 0.457 e. The molecule has 2 N–H and O–H groups in total. The second kappa shape index (κ2) is 7.46. The van der Waals surface area contributed by atoms with Crippen LogP contribution in [-0.2, 0) is 0 Å². The molecule has 2 rings (SSSR count). The molecular weight excluding hydrogens is 322 g/mol. The molecule has 0 spiro atoms. The number of urea groups is 1. The number of nitro groups is 1. The molecule has 7 nitrogen and oxygen atoms in total. The number of hydrogen-bond acceptors (Lipinski definition) is 4. The van der Waals surface area contributed by atoms with Crippen molar-refractivity contribution in [1.82, 2.24) is 5.32 Å². The van der Waals surface area contributed by atoms with Crippen molar-refractivity contribution in [3.63, 3.8) is 0 Å². The second-order valence-corrected chi connectivity index (χ2v) is 4.89. The lowest BCUT2D eigenvalue weighted by Crippen LogP contribution is -2.28. The van der Waals surface area contributed by atoms with E-state index in [2.05, 4.69) is 10.6 Å². The van der Waals surface area contributed by atoms with Crippen LogP contribution in [0.3, 0.4) is 0 Å². The highest BCUT2D eigenvalue weighted by molar-refractivity contribution is 6.33. The van der Waals surface area contributed by atoms with Crippen molar-refractivity contribution in [3.05, 3.63) is 57.6 Å². The van der Waals surface area contributed by atoms with Crippen molar-refractivity contribution >= 4 is 29.0 Å². The summed E-state index contributed by atoms with van der Waals surface area (Å²) in [6.45, 7) is 2.31. The number of carbonyl (C=O) groups excluding carboxylic acids is 1. The summed E-state index contributed by atoms with van der Waals surface area (Å²) in [6, 6.07) is 10.1. The van der Waals surface area contributed by atoms with Gasteiger partial charge in [0.25, 0.3) is 5.69 Å². The van der Waals surface area contributed by atoms with Crippen molar-refractivity contribution in [2.75, 3.05) is 11.9 Å². The Morgan fingerprint density at radius 3 is 2.43 bits per heavy atom. The molecule has 0 aromatic heterocycles. The number of halogens is 1. The Labute approximate surface area is 137 Å². The van der Waals surface area contributed by atoms with Crippen molar-refractivity contribution in [2.24, 2.45) is 0 Å². The van der Waals surface area contributed by atoms with Crippen molar-refractivity contribution in [2.45, 2.75) is 6.92 Å². The Hall–Kier alpha value is -2.80. The summed E-state index contributed by atoms with van der Waals surface area (Å²) in [7, 11) is 0. The third-order valence-corrected chi connectivity index (χ3v) is 3.12. The van der Waals surface area contributed by atoms with Gasteiger partial charge in [-0.25, -0.2) is 4.79 Å². The molecule has 0 fully saturated rings. The van der Waals surface area contributed by atoms with Crippen LogP contribution in [0.5, 0.6) is 11.5 Å². The normalized spacial score (nSPS) is 10.0. The van der Waals surface area contributed by atoms with Crippen LogP contribution < -0.4 is 15.4 Å². The van der Waals surface area contributed by atoms with E-state index in [1.807, 2.05) is 6.92 Å². The number of rotatable bonds is 5. The molecule has 0 aliphatic heterocycles. The summed E-state index contributed by atoms with van der Waals surface area (Å²) in [5, 5.41) is 16.1. The number of non-ortho nitro benzene ring substituents is 1. The molecule has 0 atom stereocenters. The minimum atomic E-state index is -0.484. The zero-order valence-electron chi connectivity index (χ0n) is 12.2. The molecule has 0 saturated heterocycles. The van der Waals surface area contributed by atoms with E-state index in [-0.39, 0.29) is 11.7 Å². The molecule has 2 amide bonds. The lowest BCUT2D eigenvalue weighted by atomic mass is 10.3. The topological polar surface area (TPSA) is 93.5 Å². The number of nitrogens with zero attached hydrogens (tertiary/aromatic N) is 1. The molecule has 0 unspecified atom stereocenters. The van der Waals surface area contributed by atoms with Gasteiger partial charge < -0.3 is 15.4 Å². The van der Waals surface area contributed by atoms with Gasteiger partial charge >= 0.3 is 6.03 Å². The van der Waals surface area contributed by atoms with Crippen molar-refractivity contribution in [3.8, 4) is 11.5 Å². The first-order valence-electron chi connectivity index (χ1n) is 6.76. The molecule has 0 radical (unpaired) electrons. The van der Waals surface area contributed by atoms with Crippen LogP contribution in [0.2, 0.25) is 5.02 Å². The van der Waals surface area contributed by atoms with E-state index in [9.17, 15) is 14.9 Å². The smallest absolute Gasteiger partial charge is 0.319 e. The summed E-state index contributed by atoms with van der Waals surface area (Å²) in [4.78, 5) is 21.6. The highest BCUT2D eigenvalue weighted by atomic mass is 35.5. The number of benzene rings is 2. The van der Waals surface area contributed by atoms with Crippen LogP contribution in [0, 0.1) is 10.1 Å². The number of hydrogen-bond donors (Lipinski definition) is 2. The van der Waals surface area contributed by atoms with Crippen LogP contribution in [0.4, 0.5) is 16.2 Å². The van der Waals surface area contributed by atoms with Gasteiger partial charge in [0.2, 0.25) is 0 Å². The van der Waals surface area contributed by atoms with E-state index in [1.54, 1.807) is 18.2 Å². The number of nitro benzene ring substituents is 1. The quantitative estimate of drug-likeness (QED) is 0.633. The molecule has 2 aromatic carbocycles. The maximum atomic E-state index is 11.5. The fourth-order valence-corrected chi connectivity index (χ4v) is 1.98. The van der Waals surface area contributed by atoms with Gasteiger partial charge in [-0.15, -0.1) is 0 Å². The van der Waals surface area contributed by atoms with E-state index >= 15 is 0 Å². The lowest BCUT2D eigenvalue weighted by Gasteiger charge is -2.10. The Bertz CT molecular complexity index is 719. The highest BCUT2D eigenvalue weighted by Crippen LogP contribution is 2.30. The Kier molecular flexibility index (Phi) is 5.37. The molecule has 8 heteroatoms. The number of carbonyl (C=O) groups is 1. The van der Waals surface area contributed by atoms with E-state index < -0.39 is 4.92 Å². The van der Waals surface area contributed by atoms with Gasteiger partial charge in [0.15, 0.2) is 0 Å². The minimum absolute atomic E-state index is 0.0168. The minimum Gasteiger partial charge on any atom is -0.457 e. The zero-order chi connectivity index (χ0) is 16.8. The fourth-order valence-electron chi connectivity index (χ4n) is 1.76. The number of anilines is 1. The average molecular weight is 336 g/mol. The molecule has 0 bridgehead atoms. The van der Waals surface area contributed by atoms with Crippen LogP contribution in [-0.4, -0.2) is 17.5 Å². The van der Waals surface area contributed by atoms with Crippen molar-refractivity contribution < 1.29 is 14.5 Å². The van der Waals surface area contributed by atoms with Gasteiger partial charge in [0, 0.05) is 24.7 Å². The SMILES string of the molecule is CCNC(=O)Nc1ccc(Oc2ccc([N+](=O)[O-])cc2)cc1Cl. The Balaban J connectivity index is 2.08. The fraction of sp³-hybridized carbons (Fsp3) is 0.133. The van der Waals surface area contributed by atoms with Crippen LogP contribution >= 0.6 is 11.6 Å². The number of nitrogens with one attached hydrogen (secondary N) is 2. The summed E-state index contributed by atoms with van der Waals surface area (Å²) in [5.41, 5.74) is 0.436. The maximum Gasteiger partial charge on any atom is 0.319 e. The van der Waals surface area contributed by atoms with Gasteiger partial charge in [0.05, 0.1) is 15.6 Å². The first-order chi connectivity index (χ1) is 11.0. The number of ether oxygens (including phenoxy) is 1. The third kappa shape index (κ3) is 4.58. The molecule has 0 saturated carbocycles. The van der Waals surface area contributed by atoms with E-state index in [4.69, 9.17) is 16.3 Å². The van der Waals surface area contributed by atoms with Gasteiger partial charge in [-0.2, -0.15) is 0 Å². The highest BCUT2D eigenvalue weighted by Gasteiger charge is 2.08. The summed E-state index contributed by atoms with van der Waals surface area (Å²) in [6.07, 6.45) is 0. The summed E-state index contributed by atoms with van der Waals surface area (Å²) in [5.74, 6) is 0.890. The van der Waals surface area contributed by atoms with Gasteiger partial charge in [0.1, 0.15) is 11.5 Å². The van der Waals surface area contributed by atoms with Crippen LogP contribution in [0.25, 0.3) is 0 Å². The van der Waals surface area contributed by atoms with Crippen molar-refractivity contribution in [1.29, 1.82) is 0 Å². The molecule has 0 aliphatic carbocycles. The van der Waals surface area contributed by atoms with E-state index in [0.717, 1.165) is 0 Å². The molecule has 120 valence electrons.